The zero-order valence-corrected chi connectivity index (χ0v) is 11.2. The molecule has 1 atom stereocenters. The van der Waals surface area contributed by atoms with Gasteiger partial charge in [0.1, 0.15) is 0 Å². The summed E-state index contributed by atoms with van der Waals surface area (Å²) in [7, 11) is 0. The van der Waals surface area contributed by atoms with Crippen molar-refractivity contribution < 1.29 is 19.8 Å². The molecular weight excluding hydrogens is 304 g/mol. The van der Waals surface area contributed by atoms with E-state index >= 15 is 0 Å². The molecule has 0 saturated heterocycles. The van der Waals surface area contributed by atoms with Gasteiger partial charge < -0.3 is 20.8 Å². The lowest BCUT2D eigenvalue weighted by Crippen LogP contribution is -2.38. The Kier molecular flexibility index (Phi) is 5.11. The minimum Gasteiger partial charge on any atom is -0.479 e. The van der Waals surface area contributed by atoms with Crippen LogP contribution >= 0.6 is 15.9 Å². The average Bonchev–Trinajstić information content (AvgIpc) is 2.24. The fraction of sp³-hybridized carbons (Fsp3) is 0.273. The lowest BCUT2D eigenvalue weighted by atomic mass is 10.2. The normalized spacial score (nSPS) is 11.7. The number of carboxylic acids is 1. The Morgan fingerprint density at radius 3 is 2.61 bits per heavy atom. The number of rotatable bonds is 4. The first kappa shape index (κ1) is 14.5. The van der Waals surface area contributed by atoms with Gasteiger partial charge in [-0.25, -0.2) is 9.59 Å². The minimum atomic E-state index is -1.61. The van der Waals surface area contributed by atoms with Crippen molar-refractivity contribution in [3.8, 4) is 0 Å². The second kappa shape index (κ2) is 6.36. The standard InChI is InChI=1S/C11H13BrN2O4/c1-6-2-7(12)4-8(3-6)14-11(18)13-5-9(15)10(16)17/h2-4,9,15H,5H2,1H3,(H,16,17)(H2,13,14,18). The molecule has 0 radical (unpaired) electrons. The predicted molar refractivity (Wildman–Crippen MR) is 69.5 cm³/mol. The maximum absolute atomic E-state index is 11.4. The third kappa shape index (κ3) is 4.72. The van der Waals surface area contributed by atoms with Crippen molar-refractivity contribution in [2.75, 3.05) is 11.9 Å². The number of halogens is 1. The number of carbonyl (C=O) groups excluding carboxylic acids is 1. The van der Waals surface area contributed by atoms with Gasteiger partial charge in [-0.2, -0.15) is 0 Å². The third-order valence-electron chi connectivity index (χ3n) is 2.04. The molecule has 0 aliphatic heterocycles. The number of carbonyl (C=O) groups is 2. The van der Waals surface area contributed by atoms with E-state index < -0.39 is 18.1 Å². The van der Waals surface area contributed by atoms with E-state index in [2.05, 4.69) is 26.6 Å². The number of urea groups is 1. The number of aliphatic carboxylic acids is 1. The summed E-state index contributed by atoms with van der Waals surface area (Å²) in [5, 5.41) is 22.2. The van der Waals surface area contributed by atoms with Crippen molar-refractivity contribution in [3.05, 3.63) is 28.2 Å². The first-order valence-corrected chi connectivity index (χ1v) is 5.90. The zero-order chi connectivity index (χ0) is 13.7. The molecule has 2 amide bonds. The maximum Gasteiger partial charge on any atom is 0.334 e. The van der Waals surface area contributed by atoms with Gasteiger partial charge >= 0.3 is 12.0 Å². The molecule has 4 N–H and O–H groups in total. The van der Waals surface area contributed by atoms with E-state index in [-0.39, 0.29) is 6.54 Å². The molecule has 1 rings (SSSR count). The highest BCUT2D eigenvalue weighted by atomic mass is 79.9. The predicted octanol–water partition coefficient (Wildman–Crippen LogP) is 1.32. The monoisotopic (exact) mass is 316 g/mol. The highest BCUT2D eigenvalue weighted by molar-refractivity contribution is 9.10. The molecule has 1 aromatic carbocycles. The Labute approximate surface area is 112 Å². The van der Waals surface area contributed by atoms with Crippen molar-refractivity contribution in [1.29, 1.82) is 0 Å². The molecule has 0 heterocycles. The summed E-state index contributed by atoms with van der Waals surface area (Å²) in [6.45, 7) is 1.52. The molecular formula is C11H13BrN2O4. The lowest BCUT2D eigenvalue weighted by Gasteiger charge is -2.10. The molecule has 0 aromatic heterocycles. The summed E-state index contributed by atoms with van der Waals surface area (Å²) < 4.78 is 0.823. The Morgan fingerprint density at radius 2 is 2.06 bits per heavy atom. The van der Waals surface area contributed by atoms with Crippen molar-refractivity contribution in [3.63, 3.8) is 0 Å². The van der Waals surface area contributed by atoms with Crippen LogP contribution in [-0.4, -0.2) is 34.9 Å². The number of amides is 2. The van der Waals surface area contributed by atoms with Gasteiger partial charge in [0.15, 0.2) is 6.10 Å². The average molecular weight is 317 g/mol. The SMILES string of the molecule is Cc1cc(Br)cc(NC(=O)NCC(O)C(=O)O)c1. The van der Waals surface area contributed by atoms with Gasteiger partial charge in [-0.1, -0.05) is 15.9 Å². The minimum absolute atomic E-state index is 0.353. The van der Waals surface area contributed by atoms with Crippen molar-refractivity contribution >= 4 is 33.6 Å². The van der Waals surface area contributed by atoms with E-state index in [0.29, 0.717) is 5.69 Å². The van der Waals surface area contributed by atoms with E-state index in [1.54, 1.807) is 12.1 Å². The molecule has 0 bridgehead atoms. The van der Waals surface area contributed by atoms with E-state index in [4.69, 9.17) is 10.2 Å². The summed E-state index contributed by atoms with van der Waals surface area (Å²) in [5.74, 6) is -1.38. The number of aliphatic hydroxyl groups is 1. The Bertz CT molecular complexity index is 444. The van der Waals surface area contributed by atoms with Crippen LogP contribution in [0.1, 0.15) is 5.56 Å². The first-order chi connectivity index (χ1) is 8.38. The van der Waals surface area contributed by atoms with Gasteiger partial charge in [0.2, 0.25) is 0 Å². The van der Waals surface area contributed by atoms with Crippen LogP contribution in [0, 0.1) is 6.92 Å². The number of anilines is 1. The number of nitrogens with one attached hydrogen (secondary N) is 2. The van der Waals surface area contributed by atoms with Crippen LogP contribution in [0.25, 0.3) is 0 Å². The van der Waals surface area contributed by atoms with Gasteiger partial charge in [-0.3, -0.25) is 0 Å². The first-order valence-electron chi connectivity index (χ1n) is 5.11. The maximum atomic E-state index is 11.4. The Hall–Kier alpha value is -1.60. The number of hydrogen-bond donors (Lipinski definition) is 4. The van der Waals surface area contributed by atoms with Crippen molar-refractivity contribution in [1.82, 2.24) is 5.32 Å². The van der Waals surface area contributed by atoms with E-state index in [1.165, 1.54) is 0 Å². The number of aryl methyl sites for hydroxylation is 1. The molecule has 18 heavy (non-hydrogen) atoms. The second-order valence-corrected chi connectivity index (χ2v) is 4.62. The molecule has 0 fully saturated rings. The number of carboxylic acid groups (broad SMARTS) is 1. The fourth-order valence-corrected chi connectivity index (χ4v) is 1.87. The molecule has 0 saturated carbocycles. The lowest BCUT2D eigenvalue weighted by molar-refractivity contribution is -0.146. The third-order valence-corrected chi connectivity index (χ3v) is 2.50. The van der Waals surface area contributed by atoms with Gasteiger partial charge in [-0.15, -0.1) is 0 Å². The highest BCUT2D eigenvalue weighted by Gasteiger charge is 2.14. The number of benzene rings is 1. The van der Waals surface area contributed by atoms with Crippen LogP contribution < -0.4 is 10.6 Å². The van der Waals surface area contributed by atoms with Gasteiger partial charge in [-0.05, 0) is 30.7 Å². The largest absolute Gasteiger partial charge is 0.479 e. The summed E-state index contributed by atoms with van der Waals surface area (Å²) in [6, 6.07) is 4.78. The van der Waals surface area contributed by atoms with E-state index in [1.807, 2.05) is 13.0 Å². The molecule has 98 valence electrons. The topological polar surface area (TPSA) is 98.7 Å². The van der Waals surface area contributed by atoms with Crippen molar-refractivity contribution in [2.24, 2.45) is 0 Å². The molecule has 1 unspecified atom stereocenters. The van der Waals surface area contributed by atoms with Gasteiger partial charge in [0.25, 0.3) is 0 Å². The summed E-state index contributed by atoms with van der Waals surface area (Å²) in [5.41, 5.74) is 1.54. The number of hydrogen-bond acceptors (Lipinski definition) is 3. The molecule has 1 aromatic rings. The van der Waals surface area contributed by atoms with E-state index in [0.717, 1.165) is 10.0 Å². The summed E-state index contributed by atoms with van der Waals surface area (Å²) in [4.78, 5) is 21.8. The molecule has 0 aliphatic carbocycles. The van der Waals surface area contributed by atoms with Gasteiger partial charge in [0, 0.05) is 10.2 Å². The zero-order valence-electron chi connectivity index (χ0n) is 9.61. The van der Waals surface area contributed by atoms with Crippen LogP contribution in [0.15, 0.2) is 22.7 Å². The van der Waals surface area contributed by atoms with Crippen LogP contribution in [0.4, 0.5) is 10.5 Å². The molecule has 6 nitrogen and oxygen atoms in total. The molecule has 7 heteroatoms. The molecule has 0 spiro atoms. The highest BCUT2D eigenvalue weighted by Crippen LogP contribution is 2.18. The Balaban J connectivity index is 2.52. The van der Waals surface area contributed by atoms with Crippen LogP contribution in [0.5, 0.6) is 0 Å². The van der Waals surface area contributed by atoms with E-state index in [9.17, 15) is 9.59 Å². The van der Waals surface area contributed by atoms with Crippen LogP contribution in [0.3, 0.4) is 0 Å². The van der Waals surface area contributed by atoms with Gasteiger partial charge in [0.05, 0.1) is 6.54 Å². The summed E-state index contributed by atoms with van der Waals surface area (Å²) >= 11 is 3.29. The fourth-order valence-electron chi connectivity index (χ4n) is 1.26. The quantitative estimate of drug-likeness (QED) is 0.673. The van der Waals surface area contributed by atoms with Crippen LogP contribution in [-0.2, 0) is 4.79 Å². The van der Waals surface area contributed by atoms with Crippen LogP contribution in [0.2, 0.25) is 0 Å². The summed E-state index contributed by atoms with van der Waals surface area (Å²) in [6.07, 6.45) is -1.61. The molecule has 0 aliphatic rings. The van der Waals surface area contributed by atoms with Crippen molar-refractivity contribution in [2.45, 2.75) is 13.0 Å². The smallest absolute Gasteiger partial charge is 0.334 e. The Morgan fingerprint density at radius 1 is 1.39 bits per heavy atom. The number of aliphatic hydroxyl groups excluding tert-OH is 1. The second-order valence-electron chi connectivity index (χ2n) is 3.71.